The van der Waals surface area contributed by atoms with Crippen molar-refractivity contribution in [2.45, 2.75) is 25.6 Å². The van der Waals surface area contributed by atoms with Gasteiger partial charge in [0, 0.05) is 13.2 Å². The lowest BCUT2D eigenvalue weighted by atomic mass is 10.2. The van der Waals surface area contributed by atoms with E-state index in [0.717, 1.165) is 11.3 Å². The minimum Gasteiger partial charge on any atom is -0.396 e. The van der Waals surface area contributed by atoms with Crippen LogP contribution < -0.4 is 5.32 Å². The molecule has 106 valence electrons. The number of carbonyl (C=O) groups is 1. The quantitative estimate of drug-likeness (QED) is 0.807. The Balaban J connectivity index is 2.32. The standard InChI is InChI=1S/C14H20FNO2S/c1-10(8-17)9-19-11(2)14(18)16-7-12-3-5-13(15)6-4-12/h3-6,10-11,17H,7-9H2,1-2H3,(H,16,18). The maximum atomic E-state index is 12.7. The number of halogens is 1. The van der Waals surface area contributed by atoms with E-state index in [2.05, 4.69) is 5.32 Å². The van der Waals surface area contributed by atoms with E-state index >= 15 is 0 Å². The molecule has 2 N–H and O–H groups in total. The molecule has 0 aliphatic rings. The van der Waals surface area contributed by atoms with Crippen molar-refractivity contribution in [1.82, 2.24) is 5.32 Å². The number of nitrogens with one attached hydrogen (secondary N) is 1. The van der Waals surface area contributed by atoms with Crippen molar-refractivity contribution < 1.29 is 14.3 Å². The van der Waals surface area contributed by atoms with E-state index in [4.69, 9.17) is 5.11 Å². The minimum atomic E-state index is -0.281. The van der Waals surface area contributed by atoms with Gasteiger partial charge in [0.2, 0.25) is 5.91 Å². The van der Waals surface area contributed by atoms with E-state index in [1.54, 1.807) is 12.1 Å². The van der Waals surface area contributed by atoms with E-state index < -0.39 is 0 Å². The number of thioether (sulfide) groups is 1. The van der Waals surface area contributed by atoms with Crippen LogP contribution in [-0.4, -0.2) is 28.6 Å². The average Bonchev–Trinajstić information content (AvgIpc) is 2.43. The van der Waals surface area contributed by atoms with Gasteiger partial charge in [-0.3, -0.25) is 4.79 Å². The van der Waals surface area contributed by atoms with Gasteiger partial charge in [-0.15, -0.1) is 11.8 Å². The van der Waals surface area contributed by atoms with Crippen molar-refractivity contribution in [2.24, 2.45) is 5.92 Å². The molecule has 1 aromatic rings. The van der Waals surface area contributed by atoms with Crippen LogP contribution in [0.5, 0.6) is 0 Å². The van der Waals surface area contributed by atoms with Gasteiger partial charge in [-0.2, -0.15) is 0 Å². The second kappa shape index (κ2) is 8.17. The molecule has 2 atom stereocenters. The normalized spacial score (nSPS) is 13.9. The highest BCUT2D eigenvalue weighted by Crippen LogP contribution is 2.15. The van der Waals surface area contributed by atoms with Gasteiger partial charge >= 0.3 is 0 Å². The molecule has 0 aromatic heterocycles. The summed E-state index contributed by atoms with van der Waals surface area (Å²) in [6.07, 6.45) is 0. The predicted molar refractivity (Wildman–Crippen MR) is 76.4 cm³/mol. The molecule has 3 nitrogen and oxygen atoms in total. The summed E-state index contributed by atoms with van der Waals surface area (Å²) >= 11 is 1.52. The zero-order chi connectivity index (χ0) is 14.3. The molecule has 2 unspecified atom stereocenters. The molecule has 0 heterocycles. The summed E-state index contributed by atoms with van der Waals surface area (Å²) < 4.78 is 12.7. The molecule has 0 bridgehead atoms. The first kappa shape index (κ1) is 16.0. The Kier molecular flexibility index (Phi) is 6.87. The van der Waals surface area contributed by atoms with Crippen molar-refractivity contribution in [3.05, 3.63) is 35.6 Å². The first-order valence-electron chi connectivity index (χ1n) is 6.27. The molecule has 1 aromatic carbocycles. The third-order valence-corrected chi connectivity index (χ3v) is 4.17. The van der Waals surface area contributed by atoms with Crippen LogP contribution in [0.2, 0.25) is 0 Å². The van der Waals surface area contributed by atoms with Gasteiger partial charge in [0.25, 0.3) is 0 Å². The summed E-state index contributed by atoms with van der Waals surface area (Å²) in [7, 11) is 0. The van der Waals surface area contributed by atoms with Gasteiger partial charge in [0.15, 0.2) is 0 Å². The largest absolute Gasteiger partial charge is 0.396 e. The number of benzene rings is 1. The minimum absolute atomic E-state index is 0.0422. The van der Waals surface area contributed by atoms with E-state index in [1.807, 2.05) is 13.8 Å². The molecule has 5 heteroatoms. The summed E-state index contributed by atoms with van der Waals surface area (Å²) in [5, 5.41) is 11.6. The number of hydrogen-bond donors (Lipinski definition) is 2. The molecular weight excluding hydrogens is 265 g/mol. The van der Waals surface area contributed by atoms with Crippen molar-refractivity contribution in [1.29, 1.82) is 0 Å². The highest BCUT2D eigenvalue weighted by molar-refractivity contribution is 8.00. The smallest absolute Gasteiger partial charge is 0.233 e. The van der Waals surface area contributed by atoms with Crippen molar-refractivity contribution in [2.75, 3.05) is 12.4 Å². The van der Waals surface area contributed by atoms with Gasteiger partial charge in [-0.1, -0.05) is 19.1 Å². The number of aliphatic hydroxyl groups is 1. The Morgan fingerprint density at radius 3 is 2.58 bits per heavy atom. The zero-order valence-electron chi connectivity index (χ0n) is 11.2. The van der Waals surface area contributed by atoms with E-state index in [1.165, 1.54) is 23.9 Å². The molecule has 0 spiro atoms. The second-order valence-corrected chi connectivity index (χ2v) is 5.98. The molecule has 1 rings (SSSR count). The molecule has 0 saturated heterocycles. The number of amides is 1. The van der Waals surface area contributed by atoms with Crippen LogP contribution in [0, 0.1) is 11.7 Å². The first-order valence-corrected chi connectivity index (χ1v) is 7.32. The highest BCUT2D eigenvalue weighted by Gasteiger charge is 2.14. The van der Waals surface area contributed by atoms with Crippen LogP contribution in [0.25, 0.3) is 0 Å². The summed E-state index contributed by atoms with van der Waals surface area (Å²) in [5.74, 6) is 0.621. The zero-order valence-corrected chi connectivity index (χ0v) is 12.0. The summed E-state index contributed by atoms with van der Waals surface area (Å²) in [4.78, 5) is 11.8. The average molecular weight is 285 g/mol. The van der Waals surface area contributed by atoms with Gasteiger partial charge in [-0.25, -0.2) is 4.39 Å². The van der Waals surface area contributed by atoms with Crippen LogP contribution in [0.1, 0.15) is 19.4 Å². The number of aliphatic hydroxyl groups excluding tert-OH is 1. The van der Waals surface area contributed by atoms with Crippen LogP contribution >= 0.6 is 11.8 Å². The van der Waals surface area contributed by atoms with E-state index in [-0.39, 0.29) is 29.5 Å². The molecule has 1 amide bonds. The monoisotopic (exact) mass is 285 g/mol. The molecule has 0 aliphatic heterocycles. The number of hydrogen-bond acceptors (Lipinski definition) is 3. The van der Waals surface area contributed by atoms with Gasteiger partial charge in [0.1, 0.15) is 5.82 Å². The fraction of sp³-hybridized carbons (Fsp3) is 0.500. The van der Waals surface area contributed by atoms with Crippen molar-refractivity contribution in [3.8, 4) is 0 Å². The number of rotatable bonds is 7. The molecule has 19 heavy (non-hydrogen) atoms. The fourth-order valence-electron chi connectivity index (χ4n) is 1.37. The third-order valence-electron chi connectivity index (χ3n) is 2.69. The van der Waals surface area contributed by atoms with Crippen LogP contribution in [-0.2, 0) is 11.3 Å². The molecule has 0 aliphatic carbocycles. The Bertz CT molecular complexity index is 397. The Labute approximate surface area is 117 Å². The first-order chi connectivity index (χ1) is 9.02. The van der Waals surface area contributed by atoms with Gasteiger partial charge in [-0.05, 0) is 36.3 Å². The molecule has 0 radical (unpaired) electrons. The number of carbonyl (C=O) groups excluding carboxylic acids is 1. The van der Waals surface area contributed by atoms with Crippen LogP contribution in [0.4, 0.5) is 4.39 Å². The predicted octanol–water partition coefficient (Wildman–Crippen LogP) is 2.19. The van der Waals surface area contributed by atoms with E-state index in [0.29, 0.717) is 6.54 Å². The highest BCUT2D eigenvalue weighted by atomic mass is 32.2. The van der Waals surface area contributed by atoms with E-state index in [9.17, 15) is 9.18 Å². The summed E-state index contributed by atoms with van der Waals surface area (Å²) in [5.41, 5.74) is 0.871. The maximum Gasteiger partial charge on any atom is 0.233 e. The summed E-state index contributed by atoms with van der Waals surface area (Å²) in [6, 6.07) is 6.06. The van der Waals surface area contributed by atoms with Crippen LogP contribution in [0.15, 0.2) is 24.3 Å². The van der Waals surface area contributed by atoms with Crippen LogP contribution in [0.3, 0.4) is 0 Å². The van der Waals surface area contributed by atoms with Gasteiger partial charge in [0.05, 0.1) is 5.25 Å². The van der Waals surface area contributed by atoms with Gasteiger partial charge < -0.3 is 10.4 Å². The molecular formula is C14H20FNO2S. The lowest BCUT2D eigenvalue weighted by Crippen LogP contribution is -2.31. The van der Waals surface area contributed by atoms with Crippen molar-refractivity contribution >= 4 is 17.7 Å². The molecule has 0 fully saturated rings. The second-order valence-electron chi connectivity index (χ2n) is 4.61. The Hall–Kier alpha value is -1.07. The third kappa shape index (κ3) is 6.07. The Morgan fingerprint density at radius 1 is 1.37 bits per heavy atom. The SMILES string of the molecule is CC(CO)CSC(C)C(=O)NCc1ccc(F)cc1. The molecule has 0 saturated carbocycles. The lowest BCUT2D eigenvalue weighted by Gasteiger charge is -2.14. The fourth-order valence-corrected chi connectivity index (χ4v) is 2.33. The lowest BCUT2D eigenvalue weighted by molar-refractivity contribution is -0.120. The van der Waals surface area contributed by atoms with Crippen molar-refractivity contribution in [3.63, 3.8) is 0 Å². The topological polar surface area (TPSA) is 49.3 Å². The maximum absolute atomic E-state index is 12.7. The Morgan fingerprint density at radius 2 is 2.00 bits per heavy atom. The summed E-state index contributed by atoms with van der Waals surface area (Å²) in [6.45, 7) is 4.32.